The van der Waals surface area contributed by atoms with E-state index in [0.29, 0.717) is 150 Å². The first kappa shape index (κ1) is 106. The van der Waals surface area contributed by atoms with Gasteiger partial charge in [0.2, 0.25) is 11.2 Å². The van der Waals surface area contributed by atoms with Gasteiger partial charge in [-0.05, 0) is 50.6 Å². The normalized spacial score (nSPS) is 29.5. The molecule has 0 aliphatic carbocycles. The van der Waals surface area contributed by atoms with E-state index in [2.05, 4.69) is 101 Å². The first-order valence-electron chi connectivity index (χ1n) is 45.7. The van der Waals surface area contributed by atoms with Crippen molar-refractivity contribution < 1.29 is 151 Å². The zero-order valence-electron chi connectivity index (χ0n) is 78.2. The van der Waals surface area contributed by atoms with E-state index < -0.39 is 172 Å². The number of carbonyl (C=O) groups is 6. The van der Waals surface area contributed by atoms with Crippen LogP contribution in [0.4, 0.5) is 29.2 Å². The van der Waals surface area contributed by atoms with E-state index in [-0.39, 0.29) is 54.1 Å². The van der Waals surface area contributed by atoms with Crippen LogP contribution in [0.2, 0.25) is 10.4 Å². The number of aromatic nitrogens is 20. The minimum atomic E-state index is -1.23. The molecule has 0 saturated carbocycles. The van der Waals surface area contributed by atoms with Crippen molar-refractivity contribution in [3.05, 3.63) is 61.1 Å². The SMILES string of the molecule is CCNc1nc2c(NC3CCOC3)ncnc2n1C1OC(CO)C(O)C1O.COC(=O)CC1OC(n2c(Cl)nc3c(NC4CCOC4)ncnc32)C(OC(C)=O)C1OC(C)=O.COC(=O)CC1OC(n2cnc3c(NC4CCOC4)ncnc32)C(OC(C)=O)C1OC(C)=O.NC1CCOC1.OCC1OC(n2cnc3c(Cl)ncnc32)C(O)C1O.OCC1OC(n2cnc3c(NC4CCOC4)ncnc32)C(O)C1O. The van der Waals surface area contributed by atoms with Gasteiger partial charge in [-0.1, -0.05) is 11.6 Å². The number of rotatable bonds is 26. The van der Waals surface area contributed by atoms with Crippen molar-refractivity contribution in [3.8, 4) is 0 Å². The highest BCUT2D eigenvalue weighted by Gasteiger charge is 2.55. The lowest BCUT2D eigenvalue weighted by Gasteiger charge is -2.24. The Hall–Kier alpha value is -11.6. The summed E-state index contributed by atoms with van der Waals surface area (Å²) in [4.78, 5) is 135. The van der Waals surface area contributed by atoms with Crippen LogP contribution in [0.3, 0.4) is 0 Å². The summed E-state index contributed by atoms with van der Waals surface area (Å²) in [5.74, 6) is -1.10. The Morgan fingerprint density at radius 1 is 0.392 bits per heavy atom. The van der Waals surface area contributed by atoms with Crippen molar-refractivity contribution >= 4 is 144 Å². The average Bonchev–Trinajstić information content (AvgIpc) is 1.60. The molecule has 10 aliphatic rings. The lowest BCUT2D eigenvalue weighted by molar-refractivity contribution is -0.165. The Morgan fingerprint density at radius 2 is 0.727 bits per heavy atom. The van der Waals surface area contributed by atoms with Crippen molar-refractivity contribution in [3.63, 3.8) is 0 Å². The molecule has 10 saturated heterocycles. The molecule has 25 atom stereocenters. The Morgan fingerprint density at radius 3 is 1.10 bits per heavy atom. The standard InChI is InChI=1S/C20H24ClN5O8.C20H25N5O8.C16H24N6O5.C14H19N5O5.C10H11ClN4O4.C4H9NO/c1-9(27)32-15-12(6-13(29)30-3)34-19(16(15)33-10(2)28)26-18-14(25-20(26)21)17(22-8-23-18)24-11-4-5-31-7-11;1-10(26)31-16-13(6-14(28)29-3)33-20(17(16)32-11(2)27)25-9-23-15-18(21-8-22-19(15)25)24-12-4-5-30-7-12;1-2-17-16-21-10-13(20-8-3-4-26-6-8)18-7-19-14(10)22(16)15-12(25)11(24)9(5-23)27-15;20-3-8-10(21)11(22)14(24-8)19-6-17-9-12(15-5-16-13(9)19)18-7-1-2-23-4-7;11-8-5-9(13-2-12-8)15(3-14-5)10-7(18)6(17)4(1-16)19-10;5-4-1-2-6-3-4/h8,11-12,15-16,19H,4-7H2,1-3H3,(H,22,23,24);8-9,12-13,16-17,20H,4-7H2,1-3H3,(H,21,22,24);7-9,11-12,15,23-25H,2-6H2,1H3,(H,17,21)(H,18,19,20);5-8,10-11,14,20-22H,1-4H2,(H,15,16,18);2-4,6-7,10,16-18H,1H2;4H,1-3,5H2. The van der Waals surface area contributed by atoms with Gasteiger partial charge in [-0.2, -0.15) is 0 Å². The summed E-state index contributed by atoms with van der Waals surface area (Å²) in [6, 6.07) is 0.788. The average molecular weight is 2050 g/mol. The molecule has 20 heterocycles. The number of esters is 6. The summed E-state index contributed by atoms with van der Waals surface area (Å²) < 4.78 is 93.9. The summed E-state index contributed by atoms with van der Waals surface area (Å²) in [5, 5.41) is 104. The smallest absolute Gasteiger partial charge is 0.308 e. The van der Waals surface area contributed by atoms with Gasteiger partial charge in [0.25, 0.3) is 0 Å². The summed E-state index contributed by atoms with van der Waals surface area (Å²) in [7, 11) is 2.46. The predicted octanol–water partition coefficient (Wildman–Crippen LogP) is -2.11. The Labute approximate surface area is 821 Å². The van der Waals surface area contributed by atoms with Crippen LogP contribution in [0.5, 0.6) is 0 Å². The van der Waals surface area contributed by atoms with Crippen LogP contribution in [-0.2, 0) is 105 Å². The molecule has 10 fully saturated rings. The van der Waals surface area contributed by atoms with Gasteiger partial charge in [-0.3, -0.25) is 51.6 Å². The number of aliphatic hydroxyl groups excluding tert-OH is 9. The maximum Gasteiger partial charge on any atom is 0.308 e. The van der Waals surface area contributed by atoms with Gasteiger partial charge in [0, 0.05) is 73.3 Å². The van der Waals surface area contributed by atoms with E-state index in [1.54, 1.807) is 9.13 Å². The molecule has 25 unspecified atom stereocenters. The number of carbonyl (C=O) groups excluding carboxylic acids is 6. The van der Waals surface area contributed by atoms with Crippen molar-refractivity contribution in [2.45, 2.75) is 232 Å². The molecule has 16 N–H and O–H groups in total. The Balaban J connectivity index is 0.000000134. The molecule has 143 heavy (non-hydrogen) atoms. The molecule has 0 amide bonds. The number of anilines is 5. The number of hydrogen-bond acceptors (Lipinski definition) is 52. The number of methoxy groups -OCH3 is 2. The fourth-order valence-electron chi connectivity index (χ4n) is 17.3. The molecule has 10 aromatic rings. The number of nitrogens with one attached hydrogen (secondary N) is 5. The molecule has 10 aliphatic heterocycles. The zero-order valence-corrected chi connectivity index (χ0v) is 79.7. The van der Waals surface area contributed by atoms with E-state index in [9.17, 15) is 69.6 Å². The van der Waals surface area contributed by atoms with Crippen LogP contribution in [0.1, 0.15) is 111 Å². The zero-order chi connectivity index (χ0) is 102. The molecular weight excluding hydrogens is 1940 g/mol. The molecule has 0 aromatic carbocycles. The second-order valence-corrected chi connectivity index (χ2v) is 34.8. The molecule has 778 valence electrons. The van der Waals surface area contributed by atoms with Gasteiger partial charge in [0.1, 0.15) is 104 Å². The first-order valence-corrected chi connectivity index (χ1v) is 46.5. The van der Waals surface area contributed by atoms with E-state index >= 15 is 0 Å². The number of imidazole rings is 5. The number of halogens is 2. The second kappa shape index (κ2) is 48.4. The number of ether oxygens (including phenoxy) is 16. The molecule has 0 spiro atoms. The lowest BCUT2D eigenvalue weighted by atomic mass is 10.1. The minimum Gasteiger partial charge on any atom is -0.469 e. The van der Waals surface area contributed by atoms with E-state index in [1.807, 2.05) is 6.92 Å². The van der Waals surface area contributed by atoms with Gasteiger partial charge in [-0.15, -0.1) is 0 Å². The predicted molar refractivity (Wildman–Crippen MR) is 488 cm³/mol. The van der Waals surface area contributed by atoms with Crippen molar-refractivity contribution in [2.75, 3.05) is 133 Å². The maximum absolute atomic E-state index is 12.0. The number of nitrogens with zero attached hydrogens (tertiary/aromatic N) is 20. The number of fused-ring (bicyclic) bond motifs is 5. The van der Waals surface area contributed by atoms with Crippen LogP contribution in [0.15, 0.2) is 50.6 Å². The van der Waals surface area contributed by atoms with Crippen molar-refractivity contribution in [2.24, 2.45) is 5.73 Å². The summed E-state index contributed by atoms with van der Waals surface area (Å²) in [6.07, 6.45) is -5.59. The van der Waals surface area contributed by atoms with Crippen LogP contribution >= 0.6 is 23.2 Å². The first-order chi connectivity index (χ1) is 69.0. The van der Waals surface area contributed by atoms with Gasteiger partial charge >= 0.3 is 35.8 Å². The fourth-order valence-corrected chi connectivity index (χ4v) is 17.7. The molecule has 59 heteroatoms. The Kier molecular flexibility index (Phi) is 35.7. The minimum absolute atomic E-state index is 0.0244. The van der Waals surface area contributed by atoms with E-state index in [0.717, 1.165) is 45.3 Å². The summed E-state index contributed by atoms with van der Waals surface area (Å²) >= 11 is 12.4. The number of hydrogen-bond donors (Lipinski definition) is 15. The van der Waals surface area contributed by atoms with Crippen LogP contribution in [-0.4, -0.2) is 408 Å². The Bertz CT molecular complexity index is 5980. The molecule has 57 nitrogen and oxygen atoms in total. The maximum atomic E-state index is 12.0. The van der Waals surface area contributed by atoms with Gasteiger partial charge < -0.3 is 154 Å². The highest BCUT2D eigenvalue weighted by atomic mass is 35.5. The van der Waals surface area contributed by atoms with Crippen LogP contribution in [0, 0.1) is 0 Å². The summed E-state index contributed by atoms with van der Waals surface area (Å²) in [6.45, 7) is 12.8. The van der Waals surface area contributed by atoms with Crippen molar-refractivity contribution in [1.82, 2.24) is 97.6 Å². The molecule has 20 rings (SSSR count). The highest BCUT2D eigenvalue weighted by Crippen LogP contribution is 2.44. The second-order valence-electron chi connectivity index (χ2n) is 34.1. The molecule has 0 radical (unpaired) electrons. The topological polar surface area (TPSA) is 736 Å². The fraction of sp³-hybridized carbons (Fsp3) is 0.631. The third-order valence-corrected chi connectivity index (χ3v) is 24.7. The largest absolute Gasteiger partial charge is 0.469 e. The van der Waals surface area contributed by atoms with Crippen LogP contribution < -0.4 is 32.3 Å². The third kappa shape index (κ3) is 24.3. The van der Waals surface area contributed by atoms with E-state index in [4.69, 9.17) is 110 Å². The third-order valence-electron chi connectivity index (χ3n) is 24.2. The molecule has 10 aromatic heterocycles. The van der Waals surface area contributed by atoms with Crippen molar-refractivity contribution in [1.29, 1.82) is 0 Å². The number of aliphatic hydroxyl groups is 9. The lowest BCUT2D eigenvalue weighted by Crippen LogP contribution is -2.39. The monoisotopic (exact) mass is 2050 g/mol. The molecular formula is C84H112Cl2N26O31. The number of nitrogens with two attached hydrogens (primary N) is 1. The van der Waals surface area contributed by atoms with Gasteiger partial charge in [0.05, 0.1) is 123 Å². The van der Waals surface area contributed by atoms with Gasteiger partial charge in [-0.25, -0.2) is 74.8 Å². The van der Waals surface area contributed by atoms with Crippen LogP contribution in [0.25, 0.3) is 55.8 Å². The summed E-state index contributed by atoms with van der Waals surface area (Å²) in [5.41, 5.74) is 9.72. The highest BCUT2D eigenvalue weighted by molar-refractivity contribution is 6.33. The van der Waals surface area contributed by atoms with Gasteiger partial charge in [0.15, 0.2) is 134 Å². The molecule has 0 bridgehead atoms. The van der Waals surface area contributed by atoms with E-state index in [1.165, 1.54) is 106 Å². The quantitative estimate of drug-likeness (QED) is 0.0119.